The number of allylic oxidation sites excluding steroid dienone is 1. The van der Waals surface area contributed by atoms with Gasteiger partial charge in [-0.15, -0.1) is 0 Å². The van der Waals surface area contributed by atoms with E-state index in [1.807, 2.05) is 0 Å². The first-order valence-corrected chi connectivity index (χ1v) is 11.1. The third-order valence-electron chi connectivity index (χ3n) is 7.17. The monoisotopic (exact) mass is 432 g/mol. The molecule has 6 heteroatoms. The molecule has 0 amide bonds. The van der Waals surface area contributed by atoms with E-state index in [4.69, 9.17) is 9.84 Å². The van der Waals surface area contributed by atoms with Crippen LogP contribution in [0.25, 0.3) is 0 Å². The number of rotatable bonds is 7. The van der Waals surface area contributed by atoms with Crippen molar-refractivity contribution in [3.8, 4) is 0 Å². The molecule has 4 aliphatic carbocycles. The molecule has 172 valence electrons. The van der Waals surface area contributed by atoms with E-state index in [0.29, 0.717) is 17.4 Å². The van der Waals surface area contributed by atoms with Crippen LogP contribution in [0.4, 0.5) is 0 Å². The van der Waals surface area contributed by atoms with Crippen LogP contribution in [-0.2, 0) is 23.9 Å². The fraction of sp³-hybridized carbons (Fsp3) is 0.640. The number of ether oxygens (including phenoxy) is 2. The molecule has 0 aliphatic heterocycles. The van der Waals surface area contributed by atoms with Gasteiger partial charge in [0.1, 0.15) is 5.60 Å². The lowest BCUT2D eigenvalue weighted by Crippen LogP contribution is -2.59. The highest BCUT2D eigenvalue weighted by atomic mass is 16.6. The molecule has 31 heavy (non-hydrogen) atoms. The largest absolute Gasteiger partial charge is 0.478 e. The van der Waals surface area contributed by atoms with E-state index in [-0.39, 0.29) is 29.1 Å². The highest BCUT2D eigenvalue weighted by molar-refractivity contribution is 5.89. The Balaban J connectivity index is 0.000000235. The molecule has 0 aromatic rings. The number of carbonyl (C=O) groups excluding carboxylic acids is 2. The average molecular weight is 433 g/mol. The van der Waals surface area contributed by atoms with Gasteiger partial charge < -0.3 is 14.6 Å². The van der Waals surface area contributed by atoms with Crippen LogP contribution in [0.5, 0.6) is 0 Å². The maximum atomic E-state index is 12.0. The quantitative estimate of drug-likeness (QED) is 0.457. The zero-order chi connectivity index (χ0) is 23.3. The number of aliphatic carboxylic acids is 1. The van der Waals surface area contributed by atoms with E-state index in [1.54, 1.807) is 6.92 Å². The summed E-state index contributed by atoms with van der Waals surface area (Å²) >= 11 is 0. The Morgan fingerprint density at radius 2 is 1.52 bits per heavy atom. The molecule has 0 aromatic carbocycles. The predicted molar refractivity (Wildman–Crippen MR) is 118 cm³/mol. The minimum absolute atomic E-state index is 0.163. The summed E-state index contributed by atoms with van der Waals surface area (Å²) in [6.45, 7) is 12.6. The summed E-state index contributed by atoms with van der Waals surface area (Å²) in [4.78, 5) is 33.1. The van der Waals surface area contributed by atoms with E-state index < -0.39 is 11.9 Å². The van der Waals surface area contributed by atoms with Crippen LogP contribution < -0.4 is 0 Å². The van der Waals surface area contributed by atoms with Gasteiger partial charge in [-0.05, 0) is 82.5 Å². The molecule has 6 nitrogen and oxygen atoms in total. The van der Waals surface area contributed by atoms with Crippen molar-refractivity contribution in [2.45, 2.75) is 71.3 Å². The molecule has 0 heterocycles. The molecule has 4 saturated carbocycles. The van der Waals surface area contributed by atoms with Crippen molar-refractivity contribution in [2.24, 2.45) is 23.7 Å². The lowest BCUT2D eigenvalue weighted by atomic mass is 9.49. The molecule has 4 fully saturated rings. The Kier molecular flexibility index (Phi) is 8.27. The molecule has 4 aliphatic rings. The van der Waals surface area contributed by atoms with Gasteiger partial charge in [0.15, 0.2) is 0 Å². The van der Waals surface area contributed by atoms with E-state index in [9.17, 15) is 14.4 Å². The molecule has 0 spiro atoms. The van der Waals surface area contributed by atoms with E-state index in [2.05, 4.69) is 24.8 Å². The SMILES string of the molecule is C=C(C)C(=O)OC1(CC)C2CC3CC(C2)CC1C3.C=C(CC=C(C)C(=O)O)C(=O)OC. The first-order chi connectivity index (χ1) is 14.5. The number of carboxylic acids is 1. The van der Waals surface area contributed by atoms with Gasteiger partial charge in [-0.25, -0.2) is 14.4 Å². The average Bonchev–Trinajstić information content (AvgIpc) is 2.73. The van der Waals surface area contributed by atoms with Gasteiger partial charge in [-0.1, -0.05) is 26.2 Å². The summed E-state index contributed by atoms with van der Waals surface area (Å²) in [5.74, 6) is 1.35. The third kappa shape index (κ3) is 5.66. The second-order valence-electron chi connectivity index (χ2n) is 9.27. The maximum Gasteiger partial charge on any atom is 0.333 e. The third-order valence-corrected chi connectivity index (χ3v) is 7.17. The van der Waals surface area contributed by atoms with E-state index in [0.717, 1.165) is 18.3 Å². The van der Waals surface area contributed by atoms with Crippen molar-refractivity contribution >= 4 is 17.9 Å². The van der Waals surface area contributed by atoms with Gasteiger partial charge in [0, 0.05) is 16.7 Å². The van der Waals surface area contributed by atoms with Crippen LogP contribution in [0.1, 0.15) is 65.7 Å². The first kappa shape index (κ1) is 24.9. The second-order valence-corrected chi connectivity index (χ2v) is 9.27. The topological polar surface area (TPSA) is 89.9 Å². The molecular formula is C25H36O6. The number of carboxylic acid groups (broad SMARTS) is 1. The molecule has 0 atom stereocenters. The molecule has 4 rings (SSSR count). The Morgan fingerprint density at radius 3 is 1.90 bits per heavy atom. The van der Waals surface area contributed by atoms with Gasteiger partial charge in [0.2, 0.25) is 0 Å². The molecule has 0 aromatic heterocycles. The summed E-state index contributed by atoms with van der Waals surface area (Å²) in [6.07, 6.45) is 9.15. The smallest absolute Gasteiger partial charge is 0.333 e. The Hall–Kier alpha value is -2.37. The van der Waals surface area contributed by atoms with Crippen LogP contribution in [0.2, 0.25) is 0 Å². The van der Waals surface area contributed by atoms with Crippen LogP contribution in [-0.4, -0.2) is 35.7 Å². The Labute approximate surface area is 185 Å². The van der Waals surface area contributed by atoms with E-state index in [1.165, 1.54) is 52.2 Å². The number of methoxy groups -OCH3 is 1. The van der Waals surface area contributed by atoms with Crippen LogP contribution in [0, 0.1) is 23.7 Å². The minimum atomic E-state index is -1.00. The molecule has 1 N–H and O–H groups in total. The maximum absolute atomic E-state index is 12.0. The fourth-order valence-corrected chi connectivity index (χ4v) is 5.65. The van der Waals surface area contributed by atoms with Crippen molar-refractivity contribution in [3.05, 3.63) is 36.0 Å². The Bertz CT molecular complexity index is 747. The highest BCUT2D eigenvalue weighted by Gasteiger charge is 2.58. The van der Waals surface area contributed by atoms with Crippen LogP contribution in [0.3, 0.4) is 0 Å². The first-order valence-electron chi connectivity index (χ1n) is 11.1. The summed E-state index contributed by atoms with van der Waals surface area (Å²) in [5.41, 5.74) is 0.800. The van der Waals surface area contributed by atoms with Crippen molar-refractivity contribution in [2.75, 3.05) is 7.11 Å². The number of hydrogen-bond acceptors (Lipinski definition) is 5. The highest BCUT2D eigenvalue weighted by Crippen LogP contribution is 2.60. The number of hydrogen-bond donors (Lipinski definition) is 1. The summed E-state index contributed by atoms with van der Waals surface area (Å²) in [6, 6.07) is 0. The standard InChI is InChI=1S/C16H24O2.C9H12O4/c1-4-16(18-15(17)10(2)3)13-6-11-5-12(8-13)9-14(16)7-11;1-6(8(10)11)4-5-7(2)9(12)13-3/h11-14H,2,4-9H2,1,3H3;4H,2,5H2,1,3H3,(H,10,11). The molecule has 0 saturated heterocycles. The Morgan fingerprint density at radius 1 is 1.00 bits per heavy atom. The van der Waals surface area contributed by atoms with Gasteiger partial charge in [-0.3, -0.25) is 0 Å². The van der Waals surface area contributed by atoms with Crippen molar-refractivity contribution in [1.29, 1.82) is 0 Å². The molecule has 0 radical (unpaired) electrons. The second kappa shape index (κ2) is 10.3. The minimum Gasteiger partial charge on any atom is -0.478 e. The zero-order valence-electron chi connectivity index (χ0n) is 19.2. The number of esters is 2. The summed E-state index contributed by atoms with van der Waals surface area (Å²) in [7, 11) is 1.25. The molecular weight excluding hydrogens is 396 g/mol. The van der Waals surface area contributed by atoms with Crippen LogP contribution >= 0.6 is 0 Å². The molecule has 4 bridgehead atoms. The summed E-state index contributed by atoms with van der Waals surface area (Å²) < 4.78 is 10.4. The zero-order valence-corrected chi connectivity index (χ0v) is 19.2. The van der Waals surface area contributed by atoms with Crippen molar-refractivity contribution < 1.29 is 29.0 Å². The molecule has 0 unspecified atom stereocenters. The van der Waals surface area contributed by atoms with Crippen LogP contribution in [0.15, 0.2) is 36.0 Å². The van der Waals surface area contributed by atoms with Gasteiger partial charge in [0.05, 0.1) is 7.11 Å². The van der Waals surface area contributed by atoms with Crippen molar-refractivity contribution in [1.82, 2.24) is 0 Å². The van der Waals surface area contributed by atoms with Crippen molar-refractivity contribution in [3.63, 3.8) is 0 Å². The van der Waals surface area contributed by atoms with E-state index >= 15 is 0 Å². The van der Waals surface area contributed by atoms with Gasteiger partial charge in [0.25, 0.3) is 0 Å². The van der Waals surface area contributed by atoms with Gasteiger partial charge in [-0.2, -0.15) is 0 Å². The fourth-order valence-electron chi connectivity index (χ4n) is 5.65. The lowest BCUT2D eigenvalue weighted by Gasteiger charge is -2.60. The number of carbonyl (C=O) groups is 3. The normalized spacial score (nSPS) is 30.6. The predicted octanol–water partition coefficient (Wildman–Crippen LogP) is 4.85. The lowest BCUT2D eigenvalue weighted by molar-refractivity contribution is -0.207. The van der Waals surface area contributed by atoms with Gasteiger partial charge >= 0.3 is 17.9 Å². The summed E-state index contributed by atoms with van der Waals surface area (Å²) in [5, 5.41) is 8.48.